The summed E-state index contributed by atoms with van der Waals surface area (Å²) in [5.41, 5.74) is 5.71. The quantitative estimate of drug-likeness (QED) is 0.708. The van der Waals surface area contributed by atoms with Crippen LogP contribution in [0.25, 0.3) is 0 Å². The van der Waals surface area contributed by atoms with Gasteiger partial charge in [-0.05, 0) is 12.8 Å². The lowest BCUT2D eigenvalue weighted by Crippen LogP contribution is -2.46. The molecule has 114 valence electrons. The van der Waals surface area contributed by atoms with Crippen molar-refractivity contribution in [1.82, 2.24) is 15.1 Å². The van der Waals surface area contributed by atoms with Crippen molar-refractivity contribution in [3.05, 3.63) is 0 Å². The molecule has 0 aliphatic carbocycles. The van der Waals surface area contributed by atoms with E-state index in [1.165, 1.54) is 4.90 Å². The summed E-state index contributed by atoms with van der Waals surface area (Å²) in [6.45, 7) is 1.48. The van der Waals surface area contributed by atoms with Gasteiger partial charge in [-0.2, -0.15) is 13.2 Å². The summed E-state index contributed by atoms with van der Waals surface area (Å²) in [7, 11) is 0. The van der Waals surface area contributed by atoms with Gasteiger partial charge in [0.15, 0.2) is 0 Å². The fourth-order valence-corrected chi connectivity index (χ4v) is 2.48. The van der Waals surface area contributed by atoms with Crippen LogP contribution in [0.5, 0.6) is 0 Å². The van der Waals surface area contributed by atoms with Crippen LogP contribution >= 0.6 is 0 Å². The largest absolute Gasteiger partial charge is 0.471 e. The zero-order valence-electron chi connectivity index (χ0n) is 10.8. The number of nitrogens with one attached hydrogen (secondary N) is 1. The van der Waals surface area contributed by atoms with Crippen LogP contribution in [0, 0.1) is 0 Å². The van der Waals surface area contributed by atoms with E-state index in [1.54, 1.807) is 4.90 Å². The Balaban J connectivity index is 1.83. The normalized spacial score (nSPS) is 27.0. The molecule has 20 heavy (non-hydrogen) atoms. The van der Waals surface area contributed by atoms with E-state index in [0.29, 0.717) is 26.1 Å². The molecule has 2 rings (SSSR count). The number of urea groups is 1. The van der Waals surface area contributed by atoms with E-state index < -0.39 is 18.1 Å². The molecule has 2 fully saturated rings. The minimum Gasteiger partial charge on any atom is -0.344 e. The molecular formula is C11H17F3N4O2. The first-order chi connectivity index (χ1) is 9.27. The molecule has 2 aliphatic rings. The maximum atomic E-state index is 12.1. The highest BCUT2D eigenvalue weighted by molar-refractivity contribution is 5.82. The molecule has 0 spiro atoms. The Labute approximate surface area is 114 Å². The minimum absolute atomic E-state index is 0.0396. The van der Waals surface area contributed by atoms with Crippen LogP contribution < -0.4 is 11.1 Å². The van der Waals surface area contributed by atoms with Crippen molar-refractivity contribution >= 4 is 11.9 Å². The molecule has 0 bridgehead atoms. The van der Waals surface area contributed by atoms with Gasteiger partial charge in [0, 0.05) is 38.3 Å². The average Bonchev–Trinajstić information content (AvgIpc) is 2.96. The molecule has 2 heterocycles. The predicted octanol–water partition coefficient (Wildman–Crippen LogP) is -0.108. The third kappa shape index (κ3) is 3.33. The summed E-state index contributed by atoms with van der Waals surface area (Å²) >= 11 is 0. The molecule has 9 heteroatoms. The SMILES string of the molecule is N[C@H]1CCN(C(=O)N2CCC(NC(=O)C(F)(F)F)C2)C1. The second-order valence-corrected chi connectivity index (χ2v) is 5.18. The van der Waals surface area contributed by atoms with Gasteiger partial charge >= 0.3 is 18.1 Å². The van der Waals surface area contributed by atoms with E-state index in [4.69, 9.17) is 5.73 Å². The predicted molar refractivity (Wildman–Crippen MR) is 63.7 cm³/mol. The summed E-state index contributed by atoms with van der Waals surface area (Å²) < 4.78 is 36.4. The van der Waals surface area contributed by atoms with Crippen LogP contribution in [-0.2, 0) is 4.79 Å². The fraction of sp³-hybridized carbons (Fsp3) is 0.818. The summed E-state index contributed by atoms with van der Waals surface area (Å²) in [5, 5.41) is 1.90. The molecule has 0 aromatic rings. The number of hydrogen-bond donors (Lipinski definition) is 2. The molecular weight excluding hydrogens is 277 g/mol. The number of carbonyl (C=O) groups excluding carboxylic acids is 2. The zero-order chi connectivity index (χ0) is 14.9. The van der Waals surface area contributed by atoms with E-state index in [2.05, 4.69) is 0 Å². The maximum absolute atomic E-state index is 12.1. The average molecular weight is 294 g/mol. The van der Waals surface area contributed by atoms with Gasteiger partial charge in [0.2, 0.25) is 0 Å². The van der Waals surface area contributed by atoms with Crippen molar-refractivity contribution < 1.29 is 22.8 Å². The Bertz CT molecular complexity index is 402. The Morgan fingerprint density at radius 3 is 2.25 bits per heavy atom. The number of alkyl halides is 3. The molecule has 2 saturated heterocycles. The lowest BCUT2D eigenvalue weighted by Gasteiger charge is -2.24. The highest BCUT2D eigenvalue weighted by Gasteiger charge is 2.41. The van der Waals surface area contributed by atoms with Gasteiger partial charge in [-0.1, -0.05) is 0 Å². The van der Waals surface area contributed by atoms with Gasteiger partial charge in [0.05, 0.1) is 0 Å². The molecule has 3 N–H and O–H groups in total. The van der Waals surface area contributed by atoms with Crippen molar-refractivity contribution in [2.24, 2.45) is 5.73 Å². The van der Waals surface area contributed by atoms with E-state index in [1.807, 2.05) is 5.32 Å². The van der Waals surface area contributed by atoms with Crippen molar-refractivity contribution in [1.29, 1.82) is 0 Å². The van der Waals surface area contributed by atoms with E-state index in [0.717, 1.165) is 6.42 Å². The van der Waals surface area contributed by atoms with Crippen molar-refractivity contribution in [3.8, 4) is 0 Å². The maximum Gasteiger partial charge on any atom is 0.471 e. The lowest BCUT2D eigenvalue weighted by molar-refractivity contribution is -0.174. The summed E-state index contributed by atoms with van der Waals surface area (Å²) in [5.74, 6) is -1.96. The molecule has 0 saturated carbocycles. The zero-order valence-corrected chi connectivity index (χ0v) is 10.8. The molecule has 2 aliphatic heterocycles. The topological polar surface area (TPSA) is 78.7 Å². The van der Waals surface area contributed by atoms with E-state index in [-0.39, 0.29) is 18.6 Å². The summed E-state index contributed by atoms with van der Waals surface area (Å²) in [6, 6.07) is -0.909. The molecule has 1 unspecified atom stereocenters. The van der Waals surface area contributed by atoms with Crippen molar-refractivity contribution in [2.75, 3.05) is 26.2 Å². The number of carbonyl (C=O) groups is 2. The summed E-state index contributed by atoms with van der Waals surface area (Å²) in [6.07, 6.45) is -3.83. The molecule has 3 amide bonds. The third-order valence-electron chi connectivity index (χ3n) is 3.55. The standard InChI is InChI=1S/C11H17F3N4O2/c12-11(13,14)9(19)16-8-2-4-18(6-8)10(20)17-3-1-7(15)5-17/h7-8H,1-6,15H2,(H,16,19)/t7-,8?/m0/s1. The van der Waals surface area contributed by atoms with E-state index in [9.17, 15) is 22.8 Å². The van der Waals surface area contributed by atoms with Crippen molar-refractivity contribution in [2.45, 2.75) is 31.1 Å². The molecule has 6 nitrogen and oxygen atoms in total. The van der Waals surface area contributed by atoms with Crippen LogP contribution in [0.1, 0.15) is 12.8 Å². The number of halogens is 3. The van der Waals surface area contributed by atoms with Crippen LogP contribution in [-0.4, -0.2) is 66.2 Å². The first-order valence-electron chi connectivity index (χ1n) is 6.44. The van der Waals surface area contributed by atoms with Gasteiger partial charge in [0.1, 0.15) is 0 Å². The summed E-state index contributed by atoms with van der Waals surface area (Å²) in [4.78, 5) is 26.0. The number of amides is 3. The second-order valence-electron chi connectivity index (χ2n) is 5.18. The van der Waals surface area contributed by atoms with Gasteiger partial charge < -0.3 is 20.9 Å². The first kappa shape index (κ1) is 14.9. The smallest absolute Gasteiger partial charge is 0.344 e. The number of hydrogen-bond acceptors (Lipinski definition) is 3. The van der Waals surface area contributed by atoms with Gasteiger partial charge in [0.25, 0.3) is 0 Å². The van der Waals surface area contributed by atoms with Crippen LogP contribution in [0.3, 0.4) is 0 Å². The molecule has 0 radical (unpaired) electrons. The monoisotopic (exact) mass is 294 g/mol. The van der Waals surface area contributed by atoms with Gasteiger partial charge in [-0.15, -0.1) is 0 Å². The van der Waals surface area contributed by atoms with Crippen LogP contribution in [0.2, 0.25) is 0 Å². The number of nitrogens with zero attached hydrogens (tertiary/aromatic N) is 2. The van der Waals surface area contributed by atoms with Crippen LogP contribution in [0.15, 0.2) is 0 Å². The molecule has 0 aromatic heterocycles. The number of likely N-dealkylation sites (tertiary alicyclic amines) is 2. The Hall–Kier alpha value is -1.51. The first-order valence-corrected chi connectivity index (χ1v) is 6.44. The van der Waals surface area contributed by atoms with Crippen LogP contribution in [0.4, 0.5) is 18.0 Å². The number of nitrogens with two attached hydrogens (primary N) is 1. The minimum atomic E-state index is -4.89. The Morgan fingerprint density at radius 1 is 1.10 bits per heavy atom. The third-order valence-corrected chi connectivity index (χ3v) is 3.55. The molecule has 0 aromatic carbocycles. The molecule has 2 atom stereocenters. The highest BCUT2D eigenvalue weighted by Crippen LogP contribution is 2.18. The van der Waals surface area contributed by atoms with Gasteiger partial charge in [-0.25, -0.2) is 4.79 Å². The number of rotatable bonds is 1. The highest BCUT2D eigenvalue weighted by atomic mass is 19.4. The lowest BCUT2D eigenvalue weighted by atomic mass is 10.2. The van der Waals surface area contributed by atoms with Gasteiger partial charge in [-0.3, -0.25) is 4.79 Å². The van der Waals surface area contributed by atoms with E-state index >= 15 is 0 Å². The Kier molecular flexibility index (Phi) is 4.07. The Morgan fingerprint density at radius 2 is 1.70 bits per heavy atom. The fourth-order valence-electron chi connectivity index (χ4n) is 2.48. The second kappa shape index (κ2) is 5.47. The van der Waals surface area contributed by atoms with Crippen molar-refractivity contribution in [3.63, 3.8) is 0 Å².